The molecule has 1 aromatic heterocycles. The Bertz CT molecular complexity index is 1240. The summed E-state index contributed by atoms with van der Waals surface area (Å²) in [5.41, 5.74) is 0.829. The van der Waals surface area contributed by atoms with E-state index in [4.69, 9.17) is 4.74 Å². The zero-order chi connectivity index (χ0) is 24.2. The van der Waals surface area contributed by atoms with Gasteiger partial charge in [-0.3, -0.25) is 9.59 Å². The quantitative estimate of drug-likeness (QED) is 0.554. The van der Waals surface area contributed by atoms with Crippen molar-refractivity contribution in [2.75, 3.05) is 31.2 Å². The lowest BCUT2D eigenvalue weighted by atomic mass is 10.1. The van der Waals surface area contributed by atoms with E-state index in [1.165, 1.54) is 24.4 Å². The number of aryl methyl sites for hydroxylation is 1. The van der Waals surface area contributed by atoms with Gasteiger partial charge in [-0.2, -0.15) is 0 Å². The maximum absolute atomic E-state index is 15.1. The molecule has 0 radical (unpaired) electrons. The smallest absolute Gasteiger partial charge is 0.257 e. The highest BCUT2D eigenvalue weighted by molar-refractivity contribution is 5.97. The maximum atomic E-state index is 15.1. The van der Waals surface area contributed by atoms with Gasteiger partial charge in [0.25, 0.3) is 5.91 Å². The lowest BCUT2D eigenvalue weighted by Gasteiger charge is -2.29. The van der Waals surface area contributed by atoms with E-state index in [2.05, 4.69) is 5.32 Å². The third kappa shape index (κ3) is 5.26. The van der Waals surface area contributed by atoms with Crippen molar-refractivity contribution in [1.29, 1.82) is 0 Å². The van der Waals surface area contributed by atoms with Gasteiger partial charge in [-0.25, -0.2) is 8.78 Å². The van der Waals surface area contributed by atoms with Gasteiger partial charge in [0, 0.05) is 37.8 Å². The molecule has 1 amide bonds. The van der Waals surface area contributed by atoms with Gasteiger partial charge in [-0.1, -0.05) is 12.1 Å². The molecule has 34 heavy (non-hydrogen) atoms. The van der Waals surface area contributed by atoms with Crippen molar-refractivity contribution in [3.8, 4) is 0 Å². The van der Waals surface area contributed by atoms with Crippen LogP contribution in [0.1, 0.15) is 29.3 Å². The van der Waals surface area contributed by atoms with Crippen LogP contribution in [-0.2, 0) is 17.8 Å². The van der Waals surface area contributed by atoms with Crippen LogP contribution >= 0.6 is 0 Å². The van der Waals surface area contributed by atoms with Crippen molar-refractivity contribution < 1.29 is 23.4 Å². The van der Waals surface area contributed by atoms with Gasteiger partial charge >= 0.3 is 0 Å². The van der Waals surface area contributed by atoms with Crippen molar-refractivity contribution in [2.24, 2.45) is 0 Å². The summed E-state index contributed by atoms with van der Waals surface area (Å²) in [4.78, 5) is 27.9. The van der Waals surface area contributed by atoms with E-state index in [9.17, 15) is 19.1 Å². The fourth-order valence-electron chi connectivity index (χ4n) is 4.00. The van der Waals surface area contributed by atoms with E-state index >= 15 is 4.39 Å². The van der Waals surface area contributed by atoms with Gasteiger partial charge in [0.15, 0.2) is 0 Å². The van der Waals surface area contributed by atoms with Gasteiger partial charge in [0.1, 0.15) is 17.2 Å². The SMILES string of the molecule is CC(O)CCn1cc(C(=O)NCc2ccc(F)cc2)c(=O)c2cc(F)c(N3CCOCC3)cc21. The molecule has 180 valence electrons. The summed E-state index contributed by atoms with van der Waals surface area (Å²) in [6.07, 6.45) is 1.25. The zero-order valence-electron chi connectivity index (χ0n) is 18.9. The fourth-order valence-corrected chi connectivity index (χ4v) is 4.00. The Labute approximate surface area is 195 Å². The molecule has 2 N–H and O–H groups in total. The Kier molecular flexibility index (Phi) is 7.23. The second-order valence-corrected chi connectivity index (χ2v) is 8.43. The molecule has 9 heteroatoms. The largest absolute Gasteiger partial charge is 0.393 e. The number of rotatable bonds is 7. The number of aliphatic hydroxyl groups is 1. The van der Waals surface area contributed by atoms with Crippen LogP contribution < -0.4 is 15.6 Å². The Morgan fingerprint density at radius 1 is 1.18 bits per heavy atom. The topological polar surface area (TPSA) is 83.8 Å². The molecule has 0 aliphatic carbocycles. The van der Waals surface area contributed by atoms with Gasteiger partial charge in [0.2, 0.25) is 5.43 Å². The van der Waals surface area contributed by atoms with E-state index in [0.29, 0.717) is 56.0 Å². The molecule has 0 bridgehead atoms. The van der Waals surface area contributed by atoms with E-state index in [-0.39, 0.29) is 23.3 Å². The molecule has 3 aromatic rings. The summed E-state index contributed by atoms with van der Waals surface area (Å²) in [6.45, 7) is 4.13. The Balaban J connectivity index is 1.71. The van der Waals surface area contributed by atoms with Crippen LogP contribution in [0.2, 0.25) is 0 Å². The van der Waals surface area contributed by atoms with Gasteiger partial charge in [0.05, 0.1) is 30.5 Å². The number of fused-ring (bicyclic) bond motifs is 1. The number of benzene rings is 2. The fraction of sp³-hybridized carbons (Fsp3) is 0.360. The minimum Gasteiger partial charge on any atom is -0.393 e. The summed E-state index contributed by atoms with van der Waals surface area (Å²) in [7, 11) is 0. The van der Waals surface area contributed by atoms with Crippen molar-refractivity contribution in [3.05, 3.63) is 75.6 Å². The Morgan fingerprint density at radius 2 is 1.88 bits per heavy atom. The summed E-state index contributed by atoms with van der Waals surface area (Å²) >= 11 is 0. The number of nitrogens with zero attached hydrogens (tertiary/aromatic N) is 2. The minimum absolute atomic E-state index is 0.0922. The summed E-state index contributed by atoms with van der Waals surface area (Å²) < 4.78 is 35.2. The number of halogens is 2. The summed E-state index contributed by atoms with van der Waals surface area (Å²) in [5.74, 6) is -1.54. The van der Waals surface area contributed by atoms with E-state index in [1.54, 1.807) is 29.7 Å². The van der Waals surface area contributed by atoms with E-state index < -0.39 is 23.3 Å². The lowest BCUT2D eigenvalue weighted by molar-refractivity contribution is 0.0949. The number of anilines is 1. The Hall–Kier alpha value is -3.30. The van der Waals surface area contributed by atoms with Crippen LogP contribution in [0, 0.1) is 11.6 Å². The van der Waals surface area contributed by atoms with Gasteiger partial charge in [-0.15, -0.1) is 0 Å². The highest BCUT2D eigenvalue weighted by atomic mass is 19.1. The number of aliphatic hydroxyl groups excluding tert-OH is 1. The summed E-state index contributed by atoms with van der Waals surface area (Å²) in [5, 5.41) is 12.6. The molecule has 4 rings (SSSR count). The van der Waals surface area contributed by atoms with Gasteiger partial charge in [-0.05, 0) is 43.2 Å². The number of carbonyl (C=O) groups is 1. The average molecular weight is 472 g/mol. The maximum Gasteiger partial charge on any atom is 0.257 e. The molecule has 2 heterocycles. The standard InChI is InChI=1S/C25H27F2N3O4/c1-16(31)6-7-30-15-20(25(33)28-14-17-2-4-18(26)5-3-17)24(32)19-12-21(27)23(13-22(19)30)29-8-10-34-11-9-29/h2-5,12-13,15-16,31H,6-11,14H2,1H3,(H,28,33). The summed E-state index contributed by atoms with van der Waals surface area (Å²) in [6, 6.07) is 8.46. The van der Waals surface area contributed by atoms with Crippen molar-refractivity contribution >= 4 is 22.5 Å². The molecule has 0 saturated carbocycles. The number of amides is 1. The van der Waals surface area contributed by atoms with E-state index in [0.717, 1.165) is 0 Å². The van der Waals surface area contributed by atoms with E-state index in [1.807, 2.05) is 4.90 Å². The molecular weight excluding hydrogens is 444 g/mol. The van der Waals surface area contributed by atoms with Crippen molar-refractivity contribution in [1.82, 2.24) is 9.88 Å². The number of nitrogens with one attached hydrogen (secondary N) is 1. The zero-order valence-corrected chi connectivity index (χ0v) is 18.9. The second kappa shape index (κ2) is 10.3. The first-order valence-corrected chi connectivity index (χ1v) is 11.2. The molecule has 7 nitrogen and oxygen atoms in total. The molecule has 1 aliphatic heterocycles. The first-order chi connectivity index (χ1) is 16.3. The highest BCUT2D eigenvalue weighted by Crippen LogP contribution is 2.26. The first kappa shape index (κ1) is 23.8. The average Bonchev–Trinajstić information content (AvgIpc) is 2.83. The lowest BCUT2D eigenvalue weighted by Crippen LogP contribution is -2.37. The number of ether oxygens (including phenoxy) is 1. The minimum atomic E-state index is -0.611. The first-order valence-electron chi connectivity index (χ1n) is 11.2. The molecule has 0 spiro atoms. The van der Waals surface area contributed by atoms with Crippen LogP contribution in [-0.4, -0.2) is 48.0 Å². The number of carbonyl (C=O) groups excluding carboxylic acids is 1. The molecule has 1 fully saturated rings. The number of pyridine rings is 1. The van der Waals surface area contributed by atoms with Crippen LogP contribution in [0.25, 0.3) is 10.9 Å². The normalized spacial score (nSPS) is 14.9. The predicted molar refractivity (Wildman–Crippen MR) is 125 cm³/mol. The van der Waals surface area contributed by atoms with Crippen LogP contribution in [0.5, 0.6) is 0 Å². The van der Waals surface area contributed by atoms with Crippen molar-refractivity contribution in [2.45, 2.75) is 32.5 Å². The molecule has 1 saturated heterocycles. The van der Waals surface area contributed by atoms with Crippen LogP contribution in [0.3, 0.4) is 0 Å². The molecule has 1 atom stereocenters. The number of morpholine rings is 1. The monoisotopic (exact) mass is 471 g/mol. The number of hydrogen-bond donors (Lipinski definition) is 2. The molecule has 2 aromatic carbocycles. The predicted octanol–water partition coefficient (Wildman–Crippen LogP) is 2.82. The van der Waals surface area contributed by atoms with Crippen LogP contribution in [0.4, 0.5) is 14.5 Å². The van der Waals surface area contributed by atoms with Crippen molar-refractivity contribution in [3.63, 3.8) is 0 Å². The molecular formula is C25H27F2N3O4. The molecule has 1 aliphatic rings. The number of aromatic nitrogens is 1. The van der Waals surface area contributed by atoms with Gasteiger partial charge < -0.3 is 24.6 Å². The third-order valence-electron chi connectivity index (χ3n) is 5.90. The third-order valence-corrected chi connectivity index (χ3v) is 5.90. The second-order valence-electron chi connectivity index (χ2n) is 8.43. The van der Waals surface area contributed by atoms with Crippen LogP contribution in [0.15, 0.2) is 47.4 Å². The molecule has 1 unspecified atom stereocenters. The Morgan fingerprint density at radius 3 is 2.56 bits per heavy atom. The highest BCUT2D eigenvalue weighted by Gasteiger charge is 2.21. The number of hydrogen-bond acceptors (Lipinski definition) is 5.